The summed E-state index contributed by atoms with van der Waals surface area (Å²) < 4.78 is 40.9. The Hall–Kier alpha value is -2.29. The molecule has 5 nitrogen and oxygen atoms in total. The summed E-state index contributed by atoms with van der Waals surface area (Å²) in [5.41, 5.74) is 0.745. The van der Waals surface area contributed by atoms with Crippen LogP contribution in [0.1, 0.15) is 0 Å². The van der Waals surface area contributed by atoms with Gasteiger partial charge in [0.2, 0.25) is 0 Å². The maximum absolute atomic E-state index is 12.0. The first kappa shape index (κ1) is 15.1. The van der Waals surface area contributed by atoms with Gasteiger partial charge < -0.3 is 9.84 Å². The molecule has 0 aliphatic heterocycles. The largest absolute Gasteiger partial charge is 0.573 e. The van der Waals surface area contributed by atoms with Gasteiger partial charge in [-0.3, -0.25) is 14.2 Å². The maximum Gasteiger partial charge on any atom is 0.573 e. The van der Waals surface area contributed by atoms with Crippen LogP contribution in [0.4, 0.5) is 13.2 Å². The number of alkyl halides is 3. The lowest BCUT2D eigenvalue weighted by atomic mass is 10.1. The SMILES string of the molecule is O=C(O)Cn1c(-c2ccc(OC(F)(F)F)cc2)csc1=O. The van der Waals surface area contributed by atoms with Crippen molar-refractivity contribution in [2.45, 2.75) is 12.9 Å². The Kier molecular flexibility index (Phi) is 4.03. The molecule has 0 unspecified atom stereocenters. The Morgan fingerprint density at radius 1 is 1.29 bits per heavy atom. The van der Waals surface area contributed by atoms with E-state index in [1.165, 1.54) is 17.5 Å². The molecule has 1 N–H and O–H groups in total. The summed E-state index contributed by atoms with van der Waals surface area (Å²) in [7, 11) is 0. The van der Waals surface area contributed by atoms with Crippen LogP contribution in [-0.4, -0.2) is 22.0 Å². The van der Waals surface area contributed by atoms with Crippen molar-refractivity contribution in [1.29, 1.82) is 0 Å². The second-order valence-electron chi connectivity index (χ2n) is 3.94. The molecular formula is C12H8F3NO4S. The lowest BCUT2D eigenvalue weighted by Gasteiger charge is -2.10. The van der Waals surface area contributed by atoms with E-state index in [1.54, 1.807) is 0 Å². The molecule has 0 bridgehead atoms. The van der Waals surface area contributed by atoms with E-state index >= 15 is 0 Å². The van der Waals surface area contributed by atoms with Crippen LogP contribution in [0.2, 0.25) is 0 Å². The number of nitrogens with zero attached hydrogens (tertiary/aromatic N) is 1. The van der Waals surface area contributed by atoms with Crippen LogP contribution < -0.4 is 9.61 Å². The molecule has 0 saturated heterocycles. The molecule has 2 aromatic rings. The zero-order valence-electron chi connectivity index (χ0n) is 10.3. The number of halogens is 3. The molecule has 1 heterocycles. The van der Waals surface area contributed by atoms with Gasteiger partial charge in [0.25, 0.3) is 0 Å². The molecule has 21 heavy (non-hydrogen) atoms. The van der Waals surface area contributed by atoms with Crippen molar-refractivity contribution in [3.63, 3.8) is 0 Å². The van der Waals surface area contributed by atoms with Crippen molar-refractivity contribution < 1.29 is 27.8 Å². The predicted molar refractivity (Wildman–Crippen MR) is 68.3 cm³/mol. The van der Waals surface area contributed by atoms with Crippen LogP contribution in [0.3, 0.4) is 0 Å². The summed E-state index contributed by atoms with van der Waals surface area (Å²) in [6.07, 6.45) is -4.78. The van der Waals surface area contributed by atoms with Crippen LogP contribution >= 0.6 is 11.3 Å². The number of hydrogen-bond acceptors (Lipinski definition) is 4. The third-order valence-corrected chi connectivity index (χ3v) is 3.22. The van der Waals surface area contributed by atoms with E-state index in [0.717, 1.165) is 28.0 Å². The Bertz CT molecular complexity index is 703. The average molecular weight is 319 g/mol. The van der Waals surface area contributed by atoms with E-state index < -0.39 is 29.5 Å². The van der Waals surface area contributed by atoms with Gasteiger partial charge in [0.1, 0.15) is 12.3 Å². The van der Waals surface area contributed by atoms with Crippen molar-refractivity contribution in [1.82, 2.24) is 4.57 Å². The lowest BCUT2D eigenvalue weighted by molar-refractivity contribution is -0.274. The molecule has 0 spiro atoms. The van der Waals surface area contributed by atoms with Gasteiger partial charge in [0, 0.05) is 5.38 Å². The minimum Gasteiger partial charge on any atom is -0.480 e. The monoisotopic (exact) mass is 319 g/mol. The molecule has 0 fully saturated rings. The second kappa shape index (κ2) is 5.60. The first-order valence-corrected chi connectivity index (χ1v) is 6.40. The van der Waals surface area contributed by atoms with Crippen molar-refractivity contribution in [3.8, 4) is 17.0 Å². The lowest BCUT2D eigenvalue weighted by Crippen LogP contribution is -2.19. The van der Waals surface area contributed by atoms with Crippen LogP contribution in [0.25, 0.3) is 11.3 Å². The fourth-order valence-electron chi connectivity index (χ4n) is 1.67. The number of carbonyl (C=O) groups is 1. The number of carboxylic acid groups (broad SMARTS) is 1. The summed E-state index contributed by atoms with van der Waals surface area (Å²) in [4.78, 5) is 21.8. The van der Waals surface area contributed by atoms with Crippen LogP contribution in [0.5, 0.6) is 5.75 Å². The fraction of sp³-hybridized carbons (Fsp3) is 0.167. The topological polar surface area (TPSA) is 68.5 Å². The predicted octanol–water partition coefficient (Wildman–Crippen LogP) is 2.56. The van der Waals surface area contributed by atoms with E-state index in [9.17, 15) is 22.8 Å². The van der Waals surface area contributed by atoms with E-state index in [1.807, 2.05) is 0 Å². The molecule has 1 aromatic carbocycles. The smallest absolute Gasteiger partial charge is 0.480 e. The van der Waals surface area contributed by atoms with Crippen molar-refractivity contribution in [3.05, 3.63) is 39.3 Å². The molecule has 0 aliphatic rings. The molecule has 0 aliphatic carbocycles. The Balaban J connectivity index is 2.31. The van der Waals surface area contributed by atoms with Gasteiger partial charge in [-0.25, -0.2) is 0 Å². The van der Waals surface area contributed by atoms with Crippen molar-refractivity contribution in [2.75, 3.05) is 0 Å². The van der Waals surface area contributed by atoms with Crippen LogP contribution in [0.15, 0.2) is 34.4 Å². The van der Waals surface area contributed by atoms with Gasteiger partial charge in [0.15, 0.2) is 0 Å². The summed E-state index contributed by atoms with van der Waals surface area (Å²) in [5.74, 6) is -1.58. The molecular weight excluding hydrogens is 311 g/mol. The Morgan fingerprint density at radius 2 is 1.90 bits per heavy atom. The van der Waals surface area contributed by atoms with E-state index in [4.69, 9.17) is 5.11 Å². The minimum absolute atomic E-state index is 0.325. The zero-order valence-corrected chi connectivity index (χ0v) is 11.1. The number of rotatable bonds is 4. The van der Waals surface area contributed by atoms with Crippen LogP contribution in [-0.2, 0) is 11.3 Å². The first-order valence-electron chi connectivity index (χ1n) is 5.52. The third-order valence-electron chi connectivity index (χ3n) is 2.46. The highest BCUT2D eigenvalue weighted by molar-refractivity contribution is 7.07. The summed E-state index contributed by atoms with van der Waals surface area (Å²) in [6.45, 7) is -0.515. The van der Waals surface area contributed by atoms with Gasteiger partial charge in [-0.15, -0.1) is 13.2 Å². The minimum atomic E-state index is -4.78. The quantitative estimate of drug-likeness (QED) is 0.940. The van der Waals surface area contributed by atoms with E-state index in [2.05, 4.69) is 4.74 Å². The number of carboxylic acids is 1. The standard InChI is InChI=1S/C12H8F3NO4S/c13-12(14,15)20-8-3-1-7(2-4-8)9-6-21-11(19)16(9)5-10(17)18/h1-4,6H,5H2,(H,17,18). The van der Waals surface area contributed by atoms with Gasteiger partial charge in [-0.05, 0) is 29.8 Å². The number of benzene rings is 1. The molecule has 0 saturated carbocycles. The third kappa shape index (κ3) is 3.85. The maximum atomic E-state index is 12.0. The van der Waals surface area contributed by atoms with Gasteiger partial charge in [0.05, 0.1) is 5.69 Å². The molecule has 112 valence electrons. The van der Waals surface area contributed by atoms with Crippen molar-refractivity contribution in [2.24, 2.45) is 0 Å². The van der Waals surface area contributed by atoms with Gasteiger partial charge >= 0.3 is 17.2 Å². The van der Waals surface area contributed by atoms with Crippen molar-refractivity contribution >= 4 is 17.3 Å². The molecule has 2 rings (SSSR count). The summed E-state index contributed by atoms with van der Waals surface area (Å²) in [5, 5.41) is 10.2. The van der Waals surface area contributed by atoms with Crippen LogP contribution in [0, 0.1) is 0 Å². The normalized spacial score (nSPS) is 11.4. The molecule has 1 aromatic heterocycles. The summed E-state index contributed by atoms with van der Waals surface area (Å²) >= 11 is 0.815. The highest BCUT2D eigenvalue weighted by Crippen LogP contribution is 2.26. The second-order valence-corrected chi connectivity index (χ2v) is 4.76. The molecule has 9 heteroatoms. The highest BCUT2D eigenvalue weighted by Gasteiger charge is 2.31. The van der Waals surface area contributed by atoms with E-state index in [-0.39, 0.29) is 0 Å². The number of aromatic nitrogens is 1. The molecule has 0 amide bonds. The summed E-state index contributed by atoms with van der Waals surface area (Å²) in [6, 6.07) is 4.83. The fourth-order valence-corrected chi connectivity index (χ4v) is 2.43. The Morgan fingerprint density at radius 3 is 2.43 bits per heavy atom. The Labute approximate surface area is 119 Å². The number of thiazole rings is 1. The average Bonchev–Trinajstić information content (AvgIpc) is 2.70. The highest BCUT2D eigenvalue weighted by atomic mass is 32.1. The first-order chi connectivity index (χ1) is 9.76. The number of ether oxygens (including phenoxy) is 1. The molecule has 0 atom stereocenters. The van der Waals surface area contributed by atoms with E-state index in [0.29, 0.717) is 11.3 Å². The number of aliphatic carboxylic acids is 1. The van der Waals surface area contributed by atoms with Gasteiger partial charge in [-0.1, -0.05) is 11.3 Å². The number of hydrogen-bond donors (Lipinski definition) is 1. The molecule has 0 radical (unpaired) electrons. The van der Waals surface area contributed by atoms with Gasteiger partial charge in [-0.2, -0.15) is 0 Å². The zero-order chi connectivity index (χ0) is 15.6.